The summed E-state index contributed by atoms with van der Waals surface area (Å²) >= 11 is 0. The first-order chi connectivity index (χ1) is 11.0. The maximum atomic E-state index is 11.6. The average molecular weight is 317 g/mol. The number of ether oxygens (including phenoxy) is 2. The van der Waals surface area contributed by atoms with E-state index in [1.54, 1.807) is 0 Å². The van der Waals surface area contributed by atoms with Gasteiger partial charge in [-0.2, -0.15) is 0 Å². The van der Waals surface area contributed by atoms with Crippen molar-refractivity contribution in [3.8, 4) is 0 Å². The second kappa shape index (κ2) is 7.58. The Kier molecular flexibility index (Phi) is 5.51. The second-order valence-electron chi connectivity index (χ2n) is 5.43. The maximum Gasteiger partial charge on any atom is 0.513 e. The molecule has 0 spiro atoms. The molecule has 1 aromatic carbocycles. The van der Waals surface area contributed by atoms with E-state index in [1.165, 1.54) is 18.2 Å². The molecular formula is C17H19NO5. The van der Waals surface area contributed by atoms with Crippen LogP contribution in [0.1, 0.15) is 23.1 Å². The molecule has 1 aliphatic carbocycles. The molecule has 0 fully saturated rings. The summed E-state index contributed by atoms with van der Waals surface area (Å²) in [5.74, 6) is 0.278. The van der Waals surface area contributed by atoms with Gasteiger partial charge in [-0.3, -0.25) is 10.1 Å². The van der Waals surface area contributed by atoms with Crippen LogP contribution in [0.2, 0.25) is 0 Å². The Labute approximate surface area is 134 Å². The molecule has 0 aromatic heterocycles. The third kappa shape index (κ3) is 4.95. The van der Waals surface area contributed by atoms with Gasteiger partial charge in [0.1, 0.15) is 5.76 Å². The fourth-order valence-corrected chi connectivity index (χ4v) is 2.26. The summed E-state index contributed by atoms with van der Waals surface area (Å²) < 4.78 is 10.0. The highest BCUT2D eigenvalue weighted by atomic mass is 16.7. The highest BCUT2D eigenvalue weighted by molar-refractivity contribution is 5.62. The van der Waals surface area contributed by atoms with Crippen LogP contribution in [0, 0.1) is 24.0 Å². The van der Waals surface area contributed by atoms with E-state index < -0.39 is 12.2 Å². The van der Waals surface area contributed by atoms with Gasteiger partial charge in [0.2, 0.25) is 6.04 Å². The van der Waals surface area contributed by atoms with Crippen LogP contribution in [-0.4, -0.2) is 23.7 Å². The van der Waals surface area contributed by atoms with Crippen molar-refractivity contribution in [2.45, 2.75) is 32.7 Å². The highest BCUT2D eigenvalue weighted by Gasteiger charge is 2.19. The molecule has 23 heavy (non-hydrogen) atoms. The lowest BCUT2D eigenvalue weighted by molar-refractivity contribution is -0.508. The zero-order valence-corrected chi connectivity index (χ0v) is 13.2. The van der Waals surface area contributed by atoms with Crippen LogP contribution in [0.3, 0.4) is 0 Å². The Morgan fingerprint density at radius 2 is 2.17 bits per heavy atom. The van der Waals surface area contributed by atoms with E-state index >= 15 is 0 Å². The molecule has 0 amide bonds. The molecule has 6 nitrogen and oxygen atoms in total. The normalized spacial score (nSPS) is 16.6. The molecule has 2 rings (SSSR count). The number of hydrogen-bond acceptors (Lipinski definition) is 5. The van der Waals surface area contributed by atoms with Gasteiger partial charge in [0.05, 0.1) is 6.61 Å². The van der Waals surface area contributed by atoms with Crippen LogP contribution >= 0.6 is 0 Å². The largest absolute Gasteiger partial charge is 0.513 e. The summed E-state index contributed by atoms with van der Waals surface area (Å²) in [6.45, 7) is 4.24. The molecule has 0 aliphatic heterocycles. The Morgan fingerprint density at radius 1 is 1.39 bits per heavy atom. The van der Waals surface area contributed by atoms with Crippen molar-refractivity contribution in [3.05, 3.63) is 69.0 Å². The molecule has 1 atom stereocenters. The Balaban J connectivity index is 1.77. The summed E-state index contributed by atoms with van der Waals surface area (Å²) in [6, 6.07) is 5.37. The number of benzene rings is 1. The first kappa shape index (κ1) is 16.7. The average Bonchev–Trinajstić information content (AvgIpc) is 2.51. The monoisotopic (exact) mass is 317 g/mol. The summed E-state index contributed by atoms with van der Waals surface area (Å²) in [6.07, 6.45) is 4.35. The van der Waals surface area contributed by atoms with E-state index in [0.717, 1.165) is 16.7 Å². The van der Waals surface area contributed by atoms with Crippen LogP contribution in [0.25, 0.3) is 0 Å². The molecule has 0 saturated heterocycles. The number of rotatable bonds is 5. The minimum Gasteiger partial charge on any atom is -0.434 e. The third-order valence-electron chi connectivity index (χ3n) is 3.61. The molecule has 6 heteroatoms. The van der Waals surface area contributed by atoms with Crippen molar-refractivity contribution >= 4 is 6.16 Å². The lowest BCUT2D eigenvalue weighted by Crippen LogP contribution is -2.18. The Morgan fingerprint density at radius 3 is 2.83 bits per heavy atom. The van der Waals surface area contributed by atoms with Crippen molar-refractivity contribution in [3.63, 3.8) is 0 Å². The number of nitrogens with zero attached hydrogens (tertiary/aromatic N) is 1. The molecule has 0 saturated carbocycles. The quantitative estimate of drug-likeness (QED) is 0.472. The molecule has 122 valence electrons. The highest BCUT2D eigenvalue weighted by Crippen LogP contribution is 2.15. The van der Waals surface area contributed by atoms with Crippen LogP contribution < -0.4 is 0 Å². The van der Waals surface area contributed by atoms with E-state index in [1.807, 2.05) is 26.0 Å². The van der Waals surface area contributed by atoms with Crippen LogP contribution in [0.15, 0.2) is 42.2 Å². The predicted octanol–water partition coefficient (Wildman–Crippen LogP) is 3.49. The number of nitro groups is 1. The Hall–Kier alpha value is -2.63. The summed E-state index contributed by atoms with van der Waals surface area (Å²) in [5.41, 5.74) is 3.44. The molecule has 1 aromatic rings. The molecule has 1 aliphatic rings. The van der Waals surface area contributed by atoms with Crippen molar-refractivity contribution in [1.29, 1.82) is 0 Å². The molecular weight excluding hydrogens is 298 g/mol. The standard InChI is InChI=1S/C17H19NO5/c1-12-3-4-13(2)14(11-12)9-10-22-17(19)23-16-7-5-15(6-8-16)18(20)21/h3-5,7-8,11,15H,6,9-10H2,1-2H3. The summed E-state index contributed by atoms with van der Waals surface area (Å²) in [4.78, 5) is 21.8. The first-order valence-electron chi connectivity index (χ1n) is 7.38. The second-order valence-corrected chi connectivity index (χ2v) is 5.43. The van der Waals surface area contributed by atoms with Gasteiger partial charge in [0.15, 0.2) is 0 Å². The number of carbonyl (C=O) groups excluding carboxylic acids is 1. The van der Waals surface area contributed by atoms with Crippen molar-refractivity contribution < 1.29 is 19.2 Å². The Bertz CT molecular complexity index is 663. The van der Waals surface area contributed by atoms with Crippen LogP contribution in [0.5, 0.6) is 0 Å². The molecule has 0 bridgehead atoms. The zero-order valence-electron chi connectivity index (χ0n) is 13.2. The van der Waals surface area contributed by atoms with Gasteiger partial charge in [0.25, 0.3) is 0 Å². The van der Waals surface area contributed by atoms with E-state index in [4.69, 9.17) is 9.47 Å². The van der Waals surface area contributed by atoms with Crippen molar-refractivity contribution in [2.24, 2.45) is 0 Å². The van der Waals surface area contributed by atoms with Gasteiger partial charge in [-0.1, -0.05) is 23.8 Å². The van der Waals surface area contributed by atoms with E-state index in [9.17, 15) is 14.9 Å². The van der Waals surface area contributed by atoms with Gasteiger partial charge in [0, 0.05) is 17.8 Å². The fourth-order valence-electron chi connectivity index (χ4n) is 2.26. The van der Waals surface area contributed by atoms with Crippen molar-refractivity contribution in [1.82, 2.24) is 0 Å². The number of aryl methyl sites for hydroxylation is 2. The molecule has 0 radical (unpaired) electrons. The smallest absolute Gasteiger partial charge is 0.434 e. The lowest BCUT2D eigenvalue weighted by atomic mass is 10.0. The SMILES string of the molecule is Cc1ccc(C)c(CCOC(=O)OC2=CCC([N+](=O)[O-])C=C2)c1. The van der Waals surface area contributed by atoms with Crippen LogP contribution in [-0.2, 0) is 15.9 Å². The molecule has 0 N–H and O–H groups in total. The topological polar surface area (TPSA) is 78.7 Å². The van der Waals surface area contributed by atoms with E-state index in [0.29, 0.717) is 6.42 Å². The lowest BCUT2D eigenvalue weighted by Gasteiger charge is -2.11. The summed E-state index contributed by atoms with van der Waals surface area (Å²) in [7, 11) is 0. The molecule has 0 heterocycles. The number of allylic oxidation sites excluding steroid dienone is 1. The van der Waals surface area contributed by atoms with Crippen molar-refractivity contribution in [2.75, 3.05) is 6.61 Å². The maximum absolute atomic E-state index is 11.6. The molecule has 1 unspecified atom stereocenters. The number of carbonyl (C=O) groups is 1. The zero-order chi connectivity index (χ0) is 16.8. The first-order valence-corrected chi connectivity index (χ1v) is 7.38. The van der Waals surface area contributed by atoms with Gasteiger partial charge in [-0.05, 0) is 43.2 Å². The van der Waals surface area contributed by atoms with Gasteiger partial charge >= 0.3 is 6.16 Å². The third-order valence-corrected chi connectivity index (χ3v) is 3.61. The summed E-state index contributed by atoms with van der Waals surface area (Å²) in [5, 5.41) is 10.6. The van der Waals surface area contributed by atoms with E-state index in [2.05, 4.69) is 6.07 Å². The van der Waals surface area contributed by atoms with Gasteiger partial charge in [-0.15, -0.1) is 0 Å². The minimum atomic E-state index is -0.800. The van der Waals surface area contributed by atoms with Gasteiger partial charge < -0.3 is 9.47 Å². The van der Waals surface area contributed by atoms with E-state index in [-0.39, 0.29) is 23.7 Å². The fraction of sp³-hybridized carbons (Fsp3) is 0.353. The minimum absolute atomic E-state index is 0.203. The predicted molar refractivity (Wildman–Crippen MR) is 84.7 cm³/mol. The van der Waals surface area contributed by atoms with Gasteiger partial charge in [-0.25, -0.2) is 4.79 Å². The number of hydrogen-bond donors (Lipinski definition) is 0. The van der Waals surface area contributed by atoms with Crippen LogP contribution in [0.4, 0.5) is 4.79 Å².